The summed E-state index contributed by atoms with van der Waals surface area (Å²) < 4.78 is 1.69. The second kappa shape index (κ2) is 7.15. The average molecular weight is 409 g/mol. The molecule has 0 aliphatic carbocycles. The van der Waals surface area contributed by atoms with Crippen LogP contribution < -0.4 is 10.2 Å². The summed E-state index contributed by atoms with van der Waals surface area (Å²) in [5.74, 6) is 2.03. The molecule has 5 rings (SSSR count). The number of nitrogens with one attached hydrogen (secondary N) is 1. The molecule has 148 valence electrons. The Bertz CT molecular complexity index is 1050. The molecule has 2 aliphatic rings. The molecule has 2 aromatic heterocycles. The number of aryl methyl sites for hydroxylation is 1. The second-order valence-corrected chi connectivity index (χ2v) is 8.00. The zero-order valence-electron chi connectivity index (χ0n) is 16.1. The van der Waals surface area contributed by atoms with Crippen LogP contribution in [0, 0.1) is 6.92 Å². The third-order valence-electron chi connectivity index (χ3n) is 5.66. The van der Waals surface area contributed by atoms with Crippen molar-refractivity contribution in [3.8, 4) is 5.82 Å². The van der Waals surface area contributed by atoms with Gasteiger partial charge in [-0.2, -0.15) is 9.78 Å². The van der Waals surface area contributed by atoms with Gasteiger partial charge in [-0.15, -0.1) is 10.2 Å². The van der Waals surface area contributed by atoms with Gasteiger partial charge < -0.3 is 10.2 Å². The van der Waals surface area contributed by atoms with Crippen molar-refractivity contribution in [2.45, 2.75) is 32.1 Å². The van der Waals surface area contributed by atoms with E-state index in [1.807, 2.05) is 43.3 Å². The molecule has 0 bridgehead atoms. The highest BCUT2D eigenvalue weighted by Crippen LogP contribution is 2.40. The normalized spacial score (nSPS) is 18.6. The first-order valence-electron chi connectivity index (χ1n) is 9.84. The minimum absolute atomic E-state index is 0.0414. The fourth-order valence-corrected chi connectivity index (χ4v) is 4.36. The Morgan fingerprint density at radius 1 is 1.03 bits per heavy atom. The predicted octanol–water partition coefficient (Wildman–Crippen LogP) is 3.70. The van der Waals surface area contributed by atoms with Crippen LogP contribution in [0.1, 0.15) is 42.0 Å². The molecule has 0 saturated carbocycles. The van der Waals surface area contributed by atoms with Crippen LogP contribution in [0.15, 0.2) is 36.4 Å². The van der Waals surface area contributed by atoms with E-state index in [9.17, 15) is 4.79 Å². The minimum Gasteiger partial charge on any atom is -0.355 e. The molecule has 7 nitrogen and oxygen atoms in total. The maximum atomic E-state index is 12.5. The number of aromatic nitrogens is 4. The summed E-state index contributed by atoms with van der Waals surface area (Å²) in [6.45, 7) is 3.99. The number of fused-ring (bicyclic) bond motifs is 1. The molecule has 2 aliphatic heterocycles. The van der Waals surface area contributed by atoms with Crippen LogP contribution in [0.5, 0.6) is 0 Å². The third kappa shape index (κ3) is 3.25. The highest BCUT2D eigenvalue weighted by atomic mass is 35.5. The number of rotatable bonds is 3. The lowest BCUT2D eigenvalue weighted by Crippen LogP contribution is -2.25. The predicted molar refractivity (Wildman–Crippen MR) is 112 cm³/mol. The summed E-state index contributed by atoms with van der Waals surface area (Å²) >= 11 is 6.04. The van der Waals surface area contributed by atoms with E-state index >= 15 is 0 Å². The largest absolute Gasteiger partial charge is 0.355 e. The first-order valence-corrected chi connectivity index (χ1v) is 10.2. The van der Waals surface area contributed by atoms with Gasteiger partial charge in [0.05, 0.1) is 5.69 Å². The standard InChI is InChI=1S/C21H21ClN6O/c1-13-20-16(14-4-6-15(22)7-5-14)12-19(29)23-21(20)28(26-13)18-9-8-17(24-25-18)27-10-2-3-11-27/h4-9,16H,2-3,10-12H2,1H3,(H,23,29). The number of hydrogen-bond acceptors (Lipinski definition) is 5. The number of anilines is 2. The van der Waals surface area contributed by atoms with E-state index in [-0.39, 0.29) is 11.8 Å². The van der Waals surface area contributed by atoms with Gasteiger partial charge in [-0.1, -0.05) is 23.7 Å². The van der Waals surface area contributed by atoms with E-state index in [0.29, 0.717) is 23.1 Å². The highest BCUT2D eigenvalue weighted by Gasteiger charge is 2.33. The molecule has 1 N–H and O–H groups in total. The Balaban J connectivity index is 1.54. The lowest BCUT2D eigenvalue weighted by molar-refractivity contribution is -0.116. The summed E-state index contributed by atoms with van der Waals surface area (Å²) in [6, 6.07) is 11.5. The molecular weight excluding hydrogens is 388 g/mol. The van der Waals surface area contributed by atoms with Crippen LogP contribution in [0.2, 0.25) is 5.02 Å². The zero-order chi connectivity index (χ0) is 20.0. The summed E-state index contributed by atoms with van der Waals surface area (Å²) in [6.07, 6.45) is 2.75. The Kier molecular flexibility index (Phi) is 4.47. The van der Waals surface area contributed by atoms with Crippen LogP contribution >= 0.6 is 11.6 Å². The topological polar surface area (TPSA) is 75.9 Å². The Labute approximate surface area is 173 Å². The first kappa shape index (κ1) is 18.1. The smallest absolute Gasteiger partial charge is 0.226 e. The number of carbonyl (C=O) groups is 1. The highest BCUT2D eigenvalue weighted by molar-refractivity contribution is 6.30. The number of amides is 1. The molecule has 4 heterocycles. The van der Waals surface area contributed by atoms with Gasteiger partial charge in [-0.05, 0) is 49.6 Å². The fourth-order valence-electron chi connectivity index (χ4n) is 4.24. The molecule has 1 amide bonds. The maximum absolute atomic E-state index is 12.5. The van der Waals surface area contributed by atoms with Gasteiger partial charge in [0.25, 0.3) is 0 Å². The van der Waals surface area contributed by atoms with Crippen LogP contribution in [-0.4, -0.2) is 39.0 Å². The van der Waals surface area contributed by atoms with Gasteiger partial charge in [-0.3, -0.25) is 4.79 Å². The Hall–Kier alpha value is -2.93. The second-order valence-electron chi connectivity index (χ2n) is 7.56. The molecule has 3 aromatic rings. The van der Waals surface area contributed by atoms with Crippen molar-refractivity contribution in [1.82, 2.24) is 20.0 Å². The minimum atomic E-state index is -0.0680. The number of nitrogens with zero attached hydrogens (tertiary/aromatic N) is 5. The van der Waals surface area contributed by atoms with Crippen LogP contribution in [-0.2, 0) is 4.79 Å². The summed E-state index contributed by atoms with van der Waals surface area (Å²) in [5, 5.41) is 17.1. The van der Waals surface area contributed by atoms with Crippen LogP contribution in [0.25, 0.3) is 5.82 Å². The van der Waals surface area contributed by atoms with E-state index in [1.54, 1.807) is 4.68 Å². The Morgan fingerprint density at radius 3 is 2.41 bits per heavy atom. The lowest BCUT2D eigenvalue weighted by Gasteiger charge is -2.24. The molecule has 1 unspecified atom stereocenters. The molecule has 29 heavy (non-hydrogen) atoms. The van der Waals surface area contributed by atoms with E-state index in [2.05, 4.69) is 25.5 Å². The van der Waals surface area contributed by atoms with Gasteiger partial charge >= 0.3 is 0 Å². The molecule has 1 aromatic carbocycles. The average Bonchev–Trinajstić information content (AvgIpc) is 3.37. The molecule has 0 spiro atoms. The number of hydrogen-bond donors (Lipinski definition) is 1. The number of carbonyl (C=O) groups excluding carboxylic acids is 1. The number of benzene rings is 1. The quantitative estimate of drug-likeness (QED) is 0.715. The van der Waals surface area contributed by atoms with E-state index < -0.39 is 0 Å². The van der Waals surface area contributed by atoms with Gasteiger partial charge in [0.15, 0.2) is 11.6 Å². The first-order chi connectivity index (χ1) is 14.1. The Morgan fingerprint density at radius 2 is 1.72 bits per heavy atom. The summed E-state index contributed by atoms with van der Waals surface area (Å²) in [7, 11) is 0. The van der Waals surface area contributed by atoms with E-state index in [4.69, 9.17) is 11.6 Å². The molecule has 1 saturated heterocycles. The van der Waals surface area contributed by atoms with Gasteiger partial charge in [0, 0.05) is 36.0 Å². The van der Waals surface area contributed by atoms with Crippen LogP contribution in [0.3, 0.4) is 0 Å². The number of halogens is 1. The summed E-state index contributed by atoms with van der Waals surface area (Å²) in [4.78, 5) is 14.7. The van der Waals surface area contributed by atoms with Gasteiger partial charge in [0.2, 0.25) is 5.91 Å². The van der Waals surface area contributed by atoms with Crippen molar-refractivity contribution in [1.29, 1.82) is 0 Å². The summed E-state index contributed by atoms with van der Waals surface area (Å²) in [5.41, 5.74) is 2.92. The van der Waals surface area contributed by atoms with Gasteiger partial charge in [0.1, 0.15) is 5.82 Å². The fraction of sp³-hybridized carbons (Fsp3) is 0.333. The lowest BCUT2D eigenvalue weighted by atomic mass is 9.86. The molecule has 1 fully saturated rings. The molecule has 0 radical (unpaired) electrons. The monoisotopic (exact) mass is 408 g/mol. The molecular formula is C21H21ClN6O. The van der Waals surface area contributed by atoms with E-state index in [0.717, 1.165) is 35.7 Å². The molecule has 8 heteroatoms. The zero-order valence-corrected chi connectivity index (χ0v) is 16.9. The van der Waals surface area contributed by atoms with Crippen molar-refractivity contribution >= 4 is 29.1 Å². The maximum Gasteiger partial charge on any atom is 0.226 e. The third-order valence-corrected chi connectivity index (χ3v) is 5.91. The van der Waals surface area contributed by atoms with Crippen molar-refractivity contribution < 1.29 is 4.79 Å². The van der Waals surface area contributed by atoms with E-state index in [1.165, 1.54) is 12.8 Å². The van der Waals surface area contributed by atoms with Crippen molar-refractivity contribution in [2.24, 2.45) is 0 Å². The van der Waals surface area contributed by atoms with Crippen molar-refractivity contribution in [2.75, 3.05) is 23.3 Å². The van der Waals surface area contributed by atoms with Crippen molar-refractivity contribution in [3.05, 3.63) is 58.2 Å². The van der Waals surface area contributed by atoms with Crippen molar-refractivity contribution in [3.63, 3.8) is 0 Å². The van der Waals surface area contributed by atoms with Gasteiger partial charge in [-0.25, -0.2) is 0 Å². The SMILES string of the molecule is Cc1nn(-c2ccc(N3CCCC3)nn2)c2c1C(c1ccc(Cl)cc1)CC(=O)N2. The van der Waals surface area contributed by atoms with Crippen LogP contribution in [0.4, 0.5) is 11.6 Å². The molecule has 1 atom stereocenters.